The number of hydrogen-bond donors (Lipinski definition) is 1. The first-order chi connectivity index (χ1) is 6.95. The molecule has 0 aliphatic heterocycles. The van der Waals surface area contributed by atoms with E-state index >= 15 is 0 Å². The van der Waals surface area contributed by atoms with Crippen LogP contribution < -0.4 is 5.32 Å². The average molecular weight is 211 g/mol. The van der Waals surface area contributed by atoms with Crippen LogP contribution in [-0.4, -0.2) is 11.9 Å². The van der Waals surface area contributed by atoms with Gasteiger partial charge in [0.15, 0.2) is 0 Å². The summed E-state index contributed by atoms with van der Waals surface area (Å²) < 4.78 is 0. The molecular weight excluding hydrogens is 186 g/mol. The van der Waals surface area contributed by atoms with E-state index in [9.17, 15) is 4.79 Å². The average Bonchev–Trinajstić information content (AvgIpc) is 2.21. The molecule has 1 fully saturated rings. The monoisotopic (exact) mass is 211 g/mol. The molecule has 1 N–H and O–H groups in total. The standard InChI is InChI=1S/C13H25NO/c1-5-13(3,4)12(15)14-11-8-6-10(2)7-9-11/h10-11H,5-9H2,1-4H3,(H,14,15). The number of hydrogen-bond acceptors (Lipinski definition) is 1. The summed E-state index contributed by atoms with van der Waals surface area (Å²) in [4.78, 5) is 11.9. The smallest absolute Gasteiger partial charge is 0.225 e. The van der Waals surface area contributed by atoms with Crippen LogP contribution in [0.5, 0.6) is 0 Å². The molecule has 0 aromatic rings. The van der Waals surface area contributed by atoms with Crippen molar-refractivity contribution in [2.75, 3.05) is 0 Å². The van der Waals surface area contributed by atoms with Gasteiger partial charge in [0.2, 0.25) is 5.91 Å². The number of amides is 1. The van der Waals surface area contributed by atoms with Crippen molar-refractivity contribution in [2.24, 2.45) is 11.3 Å². The molecule has 1 saturated carbocycles. The fourth-order valence-electron chi connectivity index (χ4n) is 1.95. The first-order valence-corrected chi connectivity index (χ1v) is 6.26. The van der Waals surface area contributed by atoms with Crippen LogP contribution in [0.4, 0.5) is 0 Å². The Morgan fingerprint density at radius 2 is 1.80 bits per heavy atom. The highest BCUT2D eigenvalue weighted by molar-refractivity contribution is 5.81. The van der Waals surface area contributed by atoms with Gasteiger partial charge in [-0.05, 0) is 38.0 Å². The van der Waals surface area contributed by atoms with Gasteiger partial charge >= 0.3 is 0 Å². The van der Waals surface area contributed by atoms with E-state index in [4.69, 9.17) is 0 Å². The van der Waals surface area contributed by atoms with Crippen molar-refractivity contribution in [2.45, 2.75) is 65.8 Å². The third kappa shape index (κ3) is 3.51. The fraction of sp³-hybridized carbons (Fsp3) is 0.923. The van der Waals surface area contributed by atoms with Crippen LogP contribution in [0.2, 0.25) is 0 Å². The molecule has 0 aromatic heterocycles. The fourth-order valence-corrected chi connectivity index (χ4v) is 1.95. The molecule has 0 unspecified atom stereocenters. The van der Waals surface area contributed by atoms with Crippen molar-refractivity contribution in [1.29, 1.82) is 0 Å². The zero-order valence-electron chi connectivity index (χ0n) is 10.6. The Balaban J connectivity index is 2.39. The molecule has 1 aliphatic rings. The maximum absolute atomic E-state index is 11.9. The van der Waals surface area contributed by atoms with E-state index in [1.807, 2.05) is 13.8 Å². The van der Waals surface area contributed by atoms with Crippen molar-refractivity contribution in [3.05, 3.63) is 0 Å². The molecule has 0 atom stereocenters. The van der Waals surface area contributed by atoms with E-state index in [0.29, 0.717) is 6.04 Å². The summed E-state index contributed by atoms with van der Waals surface area (Å²) in [7, 11) is 0. The molecule has 0 bridgehead atoms. The van der Waals surface area contributed by atoms with Crippen LogP contribution in [0.25, 0.3) is 0 Å². The normalized spacial score (nSPS) is 27.5. The lowest BCUT2D eigenvalue weighted by Crippen LogP contribution is -2.44. The molecule has 2 heteroatoms. The molecule has 0 radical (unpaired) electrons. The largest absolute Gasteiger partial charge is 0.353 e. The van der Waals surface area contributed by atoms with Gasteiger partial charge in [0.1, 0.15) is 0 Å². The van der Waals surface area contributed by atoms with Crippen LogP contribution in [0, 0.1) is 11.3 Å². The Kier molecular flexibility index (Phi) is 4.18. The van der Waals surface area contributed by atoms with Gasteiger partial charge in [0, 0.05) is 11.5 Å². The van der Waals surface area contributed by atoms with Gasteiger partial charge in [-0.1, -0.05) is 27.7 Å². The Bertz CT molecular complexity index is 215. The second kappa shape index (κ2) is 5.00. The summed E-state index contributed by atoms with van der Waals surface area (Å²) in [5.41, 5.74) is -0.205. The third-order valence-electron chi connectivity index (χ3n) is 3.85. The van der Waals surface area contributed by atoms with E-state index in [1.165, 1.54) is 12.8 Å². The summed E-state index contributed by atoms with van der Waals surface area (Å²) in [6, 6.07) is 0.430. The second-order valence-corrected chi connectivity index (χ2v) is 5.67. The van der Waals surface area contributed by atoms with Crippen LogP contribution in [0.3, 0.4) is 0 Å². The summed E-state index contributed by atoms with van der Waals surface area (Å²) in [6.07, 6.45) is 5.75. The highest BCUT2D eigenvalue weighted by Gasteiger charge is 2.28. The lowest BCUT2D eigenvalue weighted by molar-refractivity contribution is -0.130. The molecule has 15 heavy (non-hydrogen) atoms. The van der Waals surface area contributed by atoms with Crippen LogP contribution >= 0.6 is 0 Å². The number of carbonyl (C=O) groups is 1. The highest BCUT2D eigenvalue weighted by atomic mass is 16.2. The van der Waals surface area contributed by atoms with Crippen molar-refractivity contribution in [3.63, 3.8) is 0 Å². The molecule has 1 amide bonds. The van der Waals surface area contributed by atoms with Crippen molar-refractivity contribution in [3.8, 4) is 0 Å². The molecule has 0 spiro atoms. The predicted molar refractivity (Wildman–Crippen MR) is 63.6 cm³/mol. The number of rotatable bonds is 3. The first kappa shape index (κ1) is 12.5. The van der Waals surface area contributed by atoms with Gasteiger partial charge in [0.05, 0.1) is 0 Å². The quantitative estimate of drug-likeness (QED) is 0.763. The van der Waals surface area contributed by atoms with Gasteiger partial charge in [-0.25, -0.2) is 0 Å². The minimum atomic E-state index is -0.205. The van der Waals surface area contributed by atoms with Gasteiger partial charge in [-0.15, -0.1) is 0 Å². The molecular formula is C13H25NO. The van der Waals surface area contributed by atoms with Crippen LogP contribution in [0.15, 0.2) is 0 Å². The van der Waals surface area contributed by atoms with E-state index in [0.717, 1.165) is 25.2 Å². The van der Waals surface area contributed by atoms with Gasteiger partial charge in [-0.3, -0.25) is 4.79 Å². The zero-order valence-corrected chi connectivity index (χ0v) is 10.6. The minimum absolute atomic E-state index is 0.205. The van der Waals surface area contributed by atoms with Gasteiger partial charge in [-0.2, -0.15) is 0 Å². The highest BCUT2D eigenvalue weighted by Crippen LogP contribution is 2.25. The van der Waals surface area contributed by atoms with E-state index < -0.39 is 0 Å². The number of nitrogens with one attached hydrogen (secondary N) is 1. The summed E-state index contributed by atoms with van der Waals surface area (Å²) >= 11 is 0. The number of carbonyl (C=O) groups excluding carboxylic acids is 1. The lowest BCUT2D eigenvalue weighted by Gasteiger charge is -2.30. The molecule has 2 nitrogen and oxygen atoms in total. The van der Waals surface area contributed by atoms with Crippen LogP contribution in [0.1, 0.15) is 59.8 Å². The molecule has 1 rings (SSSR count). The van der Waals surface area contributed by atoms with Crippen molar-refractivity contribution in [1.82, 2.24) is 5.32 Å². The van der Waals surface area contributed by atoms with Crippen molar-refractivity contribution >= 4 is 5.91 Å². The molecule has 1 aliphatic carbocycles. The maximum Gasteiger partial charge on any atom is 0.225 e. The Hall–Kier alpha value is -0.530. The molecule has 0 heterocycles. The Labute approximate surface area is 93.8 Å². The topological polar surface area (TPSA) is 29.1 Å². The Morgan fingerprint density at radius 1 is 1.27 bits per heavy atom. The minimum Gasteiger partial charge on any atom is -0.353 e. The maximum atomic E-state index is 11.9. The van der Waals surface area contributed by atoms with E-state index in [2.05, 4.69) is 19.2 Å². The third-order valence-corrected chi connectivity index (χ3v) is 3.85. The van der Waals surface area contributed by atoms with E-state index in [-0.39, 0.29) is 11.3 Å². The predicted octanol–water partition coefficient (Wildman–Crippen LogP) is 3.12. The summed E-state index contributed by atoms with van der Waals surface area (Å²) in [5.74, 6) is 1.07. The first-order valence-electron chi connectivity index (χ1n) is 6.26. The summed E-state index contributed by atoms with van der Waals surface area (Å²) in [5, 5.41) is 3.19. The summed E-state index contributed by atoms with van der Waals surface area (Å²) in [6.45, 7) is 8.41. The SMILES string of the molecule is CCC(C)(C)C(=O)NC1CCC(C)CC1. The van der Waals surface area contributed by atoms with E-state index in [1.54, 1.807) is 0 Å². The Morgan fingerprint density at radius 3 is 2.27 bits per heavy atom. The van der Waals surface area contributed by atoms with Crippen LogP contribution in [-0.2, 0) is 4.79 Å². The lowest BCUT2D eigenvalue weighted by atomic mass is 9.85. The van der Waals surface area contributed by atoms with Gasteiger partial charge in [0.25, 0.3) is 0 Å². The van der Waals surface area contributed by atoms with Crippen molar-refractivity contribution < 1.29 is 4.79 Å². The molecule has 88 valence electrons. The molecule has 0 saturated heterocycles. The zero-order chi connectivity index (χ0) is 11.5. The van der Waals surface area contributed by atoms with Gasteiger partial charge < -0.3 is 5.32 Å². The second-order valence-electron chi connectivity index (χ2n) is 5.67. The molecule has 0 aromatic carbocycles.